The van der Waals surface area contributed by atoms with Crippen LogP contribution in [0.1, 0.15) is 6.42 Å². The Morgan fingerprint density at radius 2 is 2.00 bits per heavy atom. The van der Waals surface area contributed by atoms with E-state index in [-0.39, 0.29) is 6.42 Å². The molecule has 1 unspecified atom stereocenters. The maximum absolute atomic E-state index is 9.80. The molecule has 0 aliphatic heterocycles. The lowest BCUT2D eigenvalue weighted by Gasteiger charge is -2.07. The van der Waals surface area contributed by atoms with E-state index in [0.717, 1.165) is 0 Å². The molecule has 1 atom stereocenters. The Kier molecular flexibility index (Phi) is 4.95. The molecule has 0 aromatic carbocycles. The molecule has 0 amide bonds. The number of rotatable bonds is 3. The van der Waals surface area contributed by atoms with E-state index in [4.69, 9.17) is 39.9 Å². The summed E-state index contributed by atoms with van der Waals surface area (Å²) in [6.07, 6.45) is -1.36. The van der Waals surface area contributed by atoms with Crippen LogP contribution in [-0.2, 0) is 4.74 Å². The summed E-state index contributed by atoms with van der Waals surface area (Å²) in [5.41, 5.74) is -0.975. The van der Waals surface area contributed by atoms with E-state index in [1.54, 1.807) is 0 Å². The van der Waals surface area contributed by atoms with Crippen LogP contribution in [0.4, 0.5) is 4.79 Å². The Bertz CT molecular complexity index is 116. The normalized spacial score (nSPS) is 13.2. The van der Waals surface area contributed by atoms with Gasteiger partial charge in [0.1, 0.15) is 4.84 Å². The molecule has 0 aliphatic rings. The van der Waals surface area contributed by atoms with Crippen LogP contribution in [0, 0.1) is 0 Å². The number of hydrogen-bond donors (Lipinski definition) is 1. The molecule has 60 valence electrons. The predicted octanol–water partition coefficient (Wildman–Crippen LogP) is 2.44. The lowest BCUT2D eigenvalue weighted by molar-refractivity contribution is 0.0785. The number of ether oxygens (including phenoxy) is 1. The van der Waals surface area contributed by atoms with Crippen LogP contribution in [0.2, 0.25) is 0 Å². The second-order valence-electron chi connectivity index (χ2n) is 1.42. The summed E-state index contributed by atoms with van der Waals surface area (Å²) >= 11 is 15.8. The van der Waals surface area contributed by atoms with Crippen molar-refractivity contribution in [3.05, 3.63) is 0 Å². The highest BCUT2D eigenvalue weighted by Gasteiger charge is 2.13. The van der Waals surface area contributed by atoms with E-state index in [1.165, 1.54) is 0 Å². The Balaban J connectivity index is 3.43. The molecule has 0 spiro atoms. The van der Waals surface area contributed by atoms with E-state index in [0.29, 0.717) is 0 Å². The van der Waals surface area contributed by atoms with Gasteiger partial charge in [0, 0.05) is 6.42 Å². The predicted molar refractivity (Wildman–Crippen MR) is 38.9 cm³/mol. The van der Waals surface area contributed by atoms with Crippen molar-refractivity contribution in [1.82, 2.24) is 0 Å². The van der Waals surface area contributed by atoms with Crippen molar-refractivity contribution < 1.29 is 14.6 Å². The molecular formula is C4H5Cl3O3. The minimum absolute atomic E-state index is 0.0803. The molecule has 0 radical (unpaired) electrons. The largest absolute Gasteiger partial charge is 0.507 e. The fourth-order valence-electron chi connectivity index (χ4n) is 0.298. The van der Waals surface area contributed by atoms with Crippen molar-refractivity contribution in [1.29, 1.82) is 0 Å². The van der Waals surface area contributed by atoms with Crippen LogP contribution >= 0.6 is 34.8 Å². The first-order valence-corrected chi connectivity index (χ1v) is 3.65. The summed E-state index contributed by atoms with van der Waals surface area (Å²) in [5.74, 6) is 0. The quantitative estimate of drug-likeness (QED) is 0.571. The fraction of sp³-hybridized carbons (Fsp3) is 0.750. The molecule has 0 aromatic rings. The molecule has 0 saturated carbocycles. The molecule has 0 rings (SSSR count). The molecule has 0 heterocycles. The van der Waals surface area contributed by atoms with Crippen LogP contribution in [-0.4, -0.2) is 21.7 Å². The Hall–Kier alpha value is 0.140. The maximum Gasteiger partial charge on any atom is 0.507 e. The lowest BCUT2D eigenvalue weighted by atomic mass is 10.5. The number of carboxylic acid groups (broad SMARTS) is 1. The Labute approximate surface area is 72.8 Å². The Morgan fingerprint density at radius 3 is 2.30 bits per heavy atom. The van der Waals surface area contributed by atoms with Gasteiger partial charge in [0.25, 0.3) is 0 Å². The number of carbonyl (C=O) groups is 1. The SMILES string of the molecule is O=C(O)OC(Cl)CC(Cl)Cl. The van der Waals surface area contributed by atoms with E-state index < -0.39 is 16.6 Å². The summed E-state index contributed by atoms with van der Waals surface area (Å²) in [6.45, 7) is 0. The first kappa shape index (κ1) is 10.1. The first-order chi connectivity index (χ1) is 4.52. The average Bonchev–Trinajstić information content (AvgIpc) is 1.58. The maximum atomic E-state index is 9.80. The zero-order valence-corrected chi connectivity index (χ0v) is 7.03. The van der Waals surface area contributed by atoms with E-state index in [2.05, 4.69) is 4.74 Å². The van der Waals surface area contributed by atoms with Crippen molar-refractivity contribution in [2.24, 2.45) is 0 Å². The van der Waals surface area contributed by atoms with Crippen LogP contribution in [0.3, 0.4) is 0 Å². The third kappa shape index (κ3) is 6.26. The van der Waals surface area contributed by atoms with Crippen LogP contribution in [0.15, 0.2) is 0 Å². The summed E-state index contributed by atoms with van der Waals surface area (Å²) < 4.78 is 4.07. The summed E-state index contributed by atoms with van der Waals surface area (Å²) in [5, 5.41) is 8.00. The fourth-order valence-corrected chi connectivity index (χ4v) is 1.06. The minimum Gasteiger partial charge on any atom is -0.450 e. The highest BCUT2D eigenvalue weighted by molar-refractivity contribution is 6.44. The van der Waals surface area contributed by atoms with Gasteiger partial charge in [0.15, 0.2) is 5.56 Å². The van der Waals surface area contributed by atoms with Gasteiger partial charge in [-0.15, -0.1) is 23.2 Å². The molecule has 0 fully saturated rings. The number of alkyl halides is 3. The molecule has 3 nitrogen and oxygen atoms in total. The van der Waals surface area contributed by atoms with Crippen molar-refractivity contribution >= 4 is 41.0 Å². The van der Waals surface area contributed by atoms with Gasteiger partial charge < -0.3 is 9.84 Å². The van der Waals surface area contributed by atoms with Crippen LogP contribution in [0.25, 0.3) is 0 Å². The molecule has 0 aromatic heterocycles. The van der Waals surface area contributed by atoms with Crippen molar-refractivity contribution in [3.8, 4) is 0 Å². The summed E-state index contributed by atoms with van der Waals surface area (Å²) in [4.78, 5) is 9.09. The molecule has 0 bridgehead atoms. The first-order valence-electron chi connectivity index (χ1n) is 2.34. The van der Waals surface area contributed by atoms with Gasteiger partial charge in [0.2, 0.25) is 0 Å². The molecule has 0 saturated heterocycles. The van der Waals surface area contributed by atoms with Gasteiger partial charge >= 0.3 is 6.16 Å². The van der Waals surface area contributed by atoms with Gasteiger partial charge in [0.05, 0.1) is 0 Å². The van der Waals surface area contributed by atoms with E-state index in [9.17, 15) is 4.79 Å². The Morgan fingerprint density at radius 1 is 1.50 bits per heavy atom. The average molecular weight is 207 g/mol. The second kappa shape index (κ2) is 4.88. The highest BCUT2D eigenvalue weighted by atomic mass is 35.5. The molecule has 1 N–H and O–H groups in total. The number of halogens is 3. The van der Waals surface area contributed by atoms with Crippen LogP contribution in [0.5, 0.6) is 0 Å². The third-order valence-electron chi connectivity index (χ3n) is 0.592. The monoisotopic (exact) mass is 206 g/mol. The van der Waals surface area contributed by atoms with E-state index >= 15 is 0 Å². The van der Waals surface area contributed by atoms with Gasteiger partial charge in [-0.05, 0) is 0 Å². The highest BCUT2D eigenvalue weighted by Crippen LogP contribution is 2.15. The third-order valence-corrected chi connectivity index (χ3v) is 1.22. The summed E-state index contributed by atoms with van der Waals surface area (Å²) in [6, 6.07) is 0. The standard InChI is InChI=1S/C4H5Cl3O3/c5-2(6)1-3(7)10-4(8)9/h2-3H,1H2,(H,8,9). The molecule has 6 heteroatoms. The lowest BCUT2D eigenvalue weighted by Crippen LogP contribution is -2.12. The van der Waals surface area contributed by atoms with Crippen LogP contribution < -0.4 is 0 Å². The van der Waals surface area contributed by atoms with Crippen molar-refractivity contribution in [2.45, 2.75) is 16.8 Å². The second-order valence-corrected chi connectivity index (χ2v) is 3.18. The molecular weight excluding hydrogens is 202 g/mol. The van der Waals surface area contributed by atoms with Gasteiger partial charge in [-0.1, -0.05) is 11.6 Å². The van der Waals surface area contributed by atoms with Crippen molar-refractivity contribution in [3.63, 3.8) is 0 Å². The summed E-state index contributed by atoms with van der Waals surface area (Å²) in [7, 11) is 0. The molecule has 0 aliphatic carbocycles. The van der Waals surface area contributed by atoms with Gasteiger partial charge in [-0.25, -0.2) is 4.79 Å². The van der Waals surface area contributed by atoms with E-state index in [1.807, 2.05) is 0 Å². The smallest absolute Gasteiger partial charge is 0.450 e. The number of hydrogen-bond acceptors (Lipinski definition) is 2. The zero-order valence-electron chi connectivity index (χ0n) is 4.76. The topological polar surface area (TPSA) is 46.5 Å². The van der Waals surface area contributed by atoms with Crippen molar-refractivity contribution in [2.75, 3.05) is 0 Å². The molecule has 10 heavy (non-hydrogen) atoms. The zero-order chi connectivity index (χ0) is 8.15. The minimum atomic E-state index is -1.44. The van der Waals surface area contributed by atoms with Gasteiger partial charge in [-0.2, -0.15) is 0 Å². The van der Waals surface area contributed by atoms with Gasteiger partial charge in [-0.3, -0.25) is 0 Å².